The van der Waals surface area contributed by atoms with Crippen molar-refractivity contribution in [3.63, 3.8) is 0 Å². The molecular formula is C8H14F3N3O. The zero-order valence-corrected chi connectivity index (χ0v) is 8.52. The predicted molar refractivity (Wildman–Crippen MR) is 49.6 cm³/mol. The first-order chi connectivity index (χ1) is 6.72. The summed E-state index contributed by atoms with van der Waals surface area (Å²) >= 11 is 0. The van der Waals surface area contributed by atoms with Crippen LogP contribution in [0.3, 0.4) is 0 Å². The van der Waals surface area contributed by atoms with Crippen molar-refractivity contribution >= 4 is 5.96 Å². The second kappa shape index (κ2) is 3.88. The summed E-state index contributed by atoms with van der Waals surface area (Å²) in [7, 11) is 0. The molecule has 0 spiro atoms. The van der Waals surface area contributed by atoms with Crippen molar-refractivity contribution in [1.82, 2.24) is 10.6 Å². The molecule has 0 radical (unpaired) electrons. The predicted octanol–water partition coefficient (Wildman–Crippen LogP) is 0.237. The van der Waals surface area contributed by atoms with Crippen LogP contribution >= 0.6 is 0 Å². The normalized spacial score (nSPS) is 25.5. The lowest BCUT2D eigenvalue weighted by molar-refractivity contribution is -0.249. The molecule has 0 fully saturated rings. The van der Waals surface area contributed by atoms with Gasteiger partial charge in [-0.25, -0.2) is 0 Å². The highest BCUT2D eigenvalue weighted by Gasteiger charge is 2.49. The molecule has 1 rings (SSSR count). The molecule has 1 heterocycles. The number of nitrogens with zero attached hydrogens (tertiary/aromatic N) is 1. The van der Waals surface area contributed by atoms with Crippen LogP contribution in [0, 0.1) is 0 Å². The third-order valence-electron chi connectivity index (χ3n) is 2.12. The maximum Gasteiger partial charge on any atom is 0.418 e. The molecule has 0 saturated heterocycles. The highest BCUT2D eigenvalue weighted by Crippen LogP contribution is 2.29. The molecule has 1 aliphatic heterocycles. The fourth-order valence-electron chi connectivity index (χ4n) is 1.02. The number of hydrogen-bond acceptors (Lipinski definition) is 4. The van der Waals surface area contributed by atoms with Gasteiger partial charge in [-0.05, 0) is 13.8 Å². The van der Waals surface area contributed by atoms with Crippen molar-refractivity contribution < 1.29 is 18.3 Å². The summed E-state index contributed by atoms with van der Waals surface area (Å²) in [4.78, 5) is 3.92. The van der Waals surface area contributed by atoms with Gasteiger partial charge in [0.05, 0.1) is 13.1 Å². The Morgan fingerprint density at radius 1 is 1.60 bits per heavy atom. The van der Waals surface area contributed by atoms with E-state index in [0.717, 1.165) is 6.92 Å². The van der Waals surface area contributed by atoms with Gasteiger partial charge in [-0.2, -0.15) is 13.2 Å². The van der Waals surface area contributed by atoms with Crippen molar-refractivity contribution in [3.05, 3.63) is 0 Å². The lowest BCUT2D eigenvalue weighted by Crippen LogP contribution is -2.53. The number of alkyl halides is 3. The van der Waals surface area contributed by atoms with Gasteiger partial charge in [-0.3, -0.25) is 4.99 Å². The zero-order chi connectivity index (χ0) is 11.7. The summed E-state index contributed by atoms with van der Waals surface area (Å²) in [5.74, 6) is 0.298. The molecule has 0 aromatic carbocycles. The average Bonchev–Trinajstić information content (AvgIpc) is 2.46. The number of hydrogen-bond donors (Lipinski definition) is 3. The van der Waals surface area contributed by atoms with Crippen LogP contribution in [0.1, 0.15) is 13.8 Å². The largest absolute Gasteiger partial charge is 0.418 e. The van der Waals surface area contributed by atoms with Crippen molar-refractivity contribution in [3.8, 4) is 0 Å². The molecule has 0 bridgehead atoms. The van der Waals surface area contributed by atoms with Gasteiger partial charge in [0, 0.05) is 6.04 Å². The van der Waals surface area contributed by atoms with E-state index in [9.17, 15) is 13.2 Å². The fraction of sp³-hybridized carbons (Fsp3) is 0.875. The van der Waals surface area contributed by atoms with E-state index in [1.807, 2.05) is 6.92 Å². The molecule has 0 saturated carbocycles. The zero-order valence-electron chi connectivity index (χ0n) is 8.52. The van der Waals surface area contributed by atoms with E-state index in [-0.39, 0.29) is 6.04 Å². The molecule has 2 unspecified atom stereocenters. The van der Waals surface area contributed by atoms with Gasteiger partial charge in [0.1, 0.15) is 0 Å². The Balaban J connectivity index is 2.43. The van der Waals surface area contributed by atoms with Crippen molar-refractivity contribution in [2.45, 2.75) is 31.7 Å². The maximum absolute atomic E-state index is 12.2. The second-order valence-electron chi connectivity index (χ2n) is 3.86. The molecule has 0 amide bonds. The minimum Gasteiger partial charge on any atom is -0.379 e. The van der Waals surface area contributed by atoms with Crippen LogP contribution in [0.2, 0.25) is 0 Å². The van der Waals surface area contributed by atoms with Crippen LogP contribution < -0.4 is 10.6 Å². The van der Waals surface area contributed by atoms with Gasteiger partial charge in [0.15, 0.2) is 11.6 Å². The SMILES string of the molecule is CC1CN=C(NCC(C)(O)C(F)(F)F)N1. The number of aliphatic imine (C=N–C) groups is 1. The molecule has 3 N–H and O–H groups in total. The third-order valence-corrected chi connectivity index (χ3v) is 2.12. The lowest BCUT2D eigenvalue weighted by atomic mass is 10.1. The minimum absolute atomic E-state index is 0.114. The Morgan fingerprint density at radius 2 is 2.20 bits per heavy atom. The van der Waals surface area contributed by atoms with Gasteiger partial charge in [-0.15, -0.1) is 0 Å². The topological polar surface area (TPSA) is 56.7 Å². The van der Waals surface area contributed by atoms with Crippen LogP contribution in [0.15, 0.2) is 4.99 Å². The molecule has 4 nitrogen and oxygen atoms in total. The smallest absolute Gasteiger partial charge is 0.379 e. The number of rotatable bonds is 2. The lowest BCUT2D eigenvalue weighted by Gasteiger charge is -2.26. The molecule has 0 aliphatic carbocycles. The van der Waals surface area contributed by atoms with Crippen LogP contribution in [0.5, 0.6) is 0 Å². The first kappa shape index (κ1) is 12.1. The summed E-state index contributed by atoms with van der Waals surface area (Å²) < 4.78 is 36.7. The first-order valence-corrected chi connectivity index (χ1v) is 4.56. The van der Waals surface area contributed by atoms with E-state index in [2.05, 4.69) is 15.6 Å². The Morgan fingerprint density at radius 3 is 2.60 bits per heavy atom. The molecule has 15 heavy (non-hydrogen) atoms. The fourth-order valence-corrected chi connectivity index (χ4v) is 1.02. The van der Waals surface area contributed by atoms with Crippen LogP contribution in [0.4, 0.5) is 13.2 Å². The molecule has 1 aliphatic rings. The number of aliphatic hydroxyl groups is 1. The van der Waals surface area contributed by atoms with E-state index in [4.69, 9.17) is 5.11 Å². The van der Waals surface area contributed by atoms with Gasteiger partial charge in [0.25, 0.3) is 0 Å². The van der Waals surface area contributed by atoms with Gasteiger partial charge < -0.3 is 15.7 Å². The quantitative estimate of drug-likeness (QED) is 0.631. The van der Waals surface area contributed by atoms with Gasteiger partial charge in [0.2, 0.25) is 0 Å². The summed E-state index contributed by atoms with van der Waals surface area (Å²) in [5, 5.41) is 14.4. The minimum atomic E-state index is -4.65. The molecule has 0 aromatic heterocycles. The summed E-state index contributed by atoms with van der Waals surface area (Å²) in [6, 6.07) is 0.114. The van der Waals surface area contributed by atoms with Crippen molar-refractivity contribution in [2.75, 3.05) is 13.1 Å². The summed E-state index contributed by atoms with van der Waals surface area (Å²) in [5.41, 5.74) is -2.75. The van der Waals surface area contributed by atoms with E-state index < -0.39 is 18.3 Å². The number of halogens is 3. The average molecular weight is 225 g/mol. The van der Waals surface area contributed by atoms with E-state index in [0.29, 0.717) is 12.5 Å². The highest BCUT2D eigenvalue weighted by atomic mass is 19.4. The van der Waals surface area contributed by atoms with E-state index in [1.165, 1.54) is 0 Å². The summed E-state index contributed by atoms with van der Waals surface area (Å²) in [6.45, 7) is 2.49. The van der Waals surface area contributed by atoms with Gasteiger partial charge in [-0.1, -0.05) is 0 Å². The van der Waals surface area contributed by atoms with Crippen LogP contribution in [-0.2, 0) is 0 Å². The standard InChI is InChI=1S/C8H14F3N3O/c1-5-3-12-6(14-5)13-4-7(2,15)8(9,10)11/h5,15H,3-4H2,1-2H3,(H2,12,13,14). The Bertz CT molecular complexity index is 262. The Hall–Kier alpha value is -0.980. The monoisotopic (exact) mass is 225 g/mol. The second-order valence-corrected chi connectivity index (χ2v) is 3.86. The number of nitrogens with one attached hydrogen (secondary N) is 2. The molecule has 7 heteroatoms. The van der Waals surface area contributed by atoms with E-state index >= 15 is 0 Å². The van der Waals surface area contributed by atoms with Crippen LogP contribution in [-0.4, -0.2) is 42.0 Å². The molecule has 0 aromatic rings. The number of guanidine groups is 1. The first-order valence-electron chi connectivity index (χ1n) is 4.56. The van der Waals surface area contributed by atoms with E-state index in [1.54, 1.807) is 0 Å². The van der Waals surface area contributed by atoms with Gasteiger partial charge >= 0.3 is 6.18 Å². The van der Waals surface area contributed by atoms with Crippen LogP contribution in [0.25, 0.3) is 0 Å². The molecule has 2 atom stereocenters. The summed E-state index contributed by atoms with van der Waals surface area (Å²) in [6.07, 6.45) is -4.65. The Kier molecular flexibility index (Phi) is 3.13. The molecule has 88 valence electrons. The highest BCUT2D eigenvalue weighted by molar-refractivity contribution is 5.81. The van der Waals surface area contributed by atoms with Crippen molar-refractivity contribution in [2.24, 2.45) is 4.99 Å². The Labute approximate surface area is 85.6 Å². The maximum atomic E-state index is 12.2. The van der Waals surface area contributed by atoms with Crippen molar-refractivity contribution in [1.29, 1.82) is 0 Å². The molecular weight excluding hydrogens is 211 g/mol. The third kappa shape index (κ3) is 2.98.